The van der Waals surface area contributed by atoms with E-state index in [0.29, 0.717) is 29.3 Å². The molecule has 1 N–H and O–H groups in total. The SMILES string of the molecule is CCOC(=O)c1ccc(-c2ccc(C=NNC(=O)c3cccc(Br)c3)o2)cc1. The van der Waals surface area contributed by atoms with Crippen LogP contribution in [0, 0.1) is 0 Å². The summed E-state index contributed by atoms with van der Waals surface area (Å²) in [6.07, 6.45) is 1.42. The van der Waals surface area contributed by atoms with Gasteiger partial charge in [0, 0.05) is 15.6 Å². The van der Waals surface area contributed by atoms with Crippen molar-refractivity contribution in [1.82, 2.24) is 5.43 Å². The quantitative estimate of drug-likeness (QED) is 0.343. The van der Waals surface area contributed by atoms with Gasteiger partial charge in [-0.3, -0.25) is 4.79 Å². The van der Waals surface area contributed by atoms with Crippen molar-refractivity contribution in [2.45, 2.75) is 6.92 Å². The number of nitrogens with one attached hydrogen (secondary N) is 1. The fraction of sp³-hybridized carbons (Fsp3) is 0.0952. The Labute approximate surface area is 170 Å². The van der Waals surface area contributed by atoms with E-state index < -0.39 is 0 Å². The minimum Gasteiger partial charge on any atom is -0.462 e. The van der Waals surface area contributed by atoms with E-state index >= 15 is 0 Å². The molecular formula is C21H17BrN2O4. The lowest BCUT2D eigenvalue weighted by molar-refractivity contribution is 0.0526. The van der Waals surface area contributed by atoms with Crippen LogP contribution in [0.3, 0.4) is 0 Å². The molecule has 1 amide bonds. The van der Waals surface area contributed by atoms with E-state index in [1.54, 1.807) is 61.5 Å². The Morgan fingerprint density at radius 3 is 2.61 bits per heavy atom. The summed E-state index contributed by atoms with van der Waals surface area (Å²) in [7, 11) is 0. The largest absolute Gasteiger partial charge is 0.462 e. The number of hydrogen-bond acceptors (Lipinski definition) is 5. The van der Waals surface area contributed by atoms with E-state index in [-0.39, 0.29) is 11.9 Å². The fourth-order valence-corrected chi connectivity index (χ4v) is 2.81. The second kappa shape index (κ2) is 9.14. The second-order valence-corrected chi connectivity index (χ2v) is 6.62. The zero-order chi connectivity index (χ0) is 19.9. The summed E-state index contributed by atoms with van der Waals surface area (Å²) < 4.78 is 11.5. The van der Waals surface area contributed by atoms with E-state index in [4.69, 9.17) is 9.15 Å². The normalized spacial score (nSPS) is 10.8. The monoisotopic (exact) mass is 440 g/mol. The fourth-order valence-electron chi connectivity index (χ4n) is 2.41. The Bertz CT molecular complexity index is 1010. The minimum absolute atomic E-state index is 0.320. The first-order chi connectivity index (χ1) is 13.6. The van der Waals surface area contributed by atoms with Gasteiger partial charge in [-0.1, -0.05) is 34.1 Å². The van der Waals surface area contributed by atoms with E-state index in [9.17, 15) is 9.59 Å². The molecule has 2 aromatic carbocycles. The Morgan fingerprint density at radius 2 is 1.89 bits per heavy atom. The number of amides is 1. The lowest BCUT2D eigenvalue weighted by Crippen LogP contribution is -2.17. The third-order valence-corrected chi connectivity index (χ3v) is 4.25. The number of carbonyl (C=O) groups excluding carboxylic acids is 2. The van der Waals surface area contributed by atoms with Gasteiger partial charge in [-0.15, -0.1) is 0 Å². The molecule has 0 radical (unpaired) electrons. The lowest BCUT2D eigenvalue weighted by atomic mass is 10.1. The number of rotatable bonds is 6. The third kappa shape index (κ3) is 4.95. The Kier molecular flexibility index (Phi) is 6.39. The predicted molar refractivity (Wildman–Crippen MR) is 109 cm³/mol. The molecule has 3 rings (SSSR count). The van der Waals surface area contributed by atoms with Crippen LogP contribution in [0.25, 0.3) is 11.3 Å². The highest BCUT2D eigenvalue weighted by molar-refractivity contribution is 9.10. The van der Waals surface area contributed by atoms with Crippen LogP contribution in [-0.2, 0) is 4.74 Å². The third-order valence-electron chi connectivity index (χ3n) is 3.75. The summed E-state index contributed by atoms with van der Waals surface area (Å²) in [6, 6.07) is 17.5. The Morgan fingerprint density at radius 1 is 1.11 bits per heavy atom. The van der Waals surface area contributed by atoms with E-state index in [0.717, 1.165) is 10.0 Å². The topological polar surface area (TPSA) is 80.9 Å². The summed E-state index contributed by atoms with van der Waals surface area (Å²) in [4.78, 5) is 23.7. The molecule has 28 heavy (non-hydrogen) atoms. The number of benzene rings is 2. The first-order valence-electron chi connectivity index (χ1n) is 8.53. The Hall–Kier alpha value is -3.19. The number of hydrogen-bond donors (Lipinski definition) is 1. The number of nitrogens with zero attached hydrogens (tertiary/aromatic N) is 1. The first-order valence-corrected chi connectivity index (χ1v) is 9.32. The molecule has 0 fully saturated rings. The van der Waals surface area contributed by atoms with Gasteiger partial charge >= 0.3 is 5.97 Å². The smallest absolute Gasteiger partial charge is 0.338 e. The van der Waals surface area contributed by atoms with Crippen LogP contribution >= 0.6 is 15.9 Å². The number of hydrazone groups is 1. The molecule has 142 valence electrons. The standard InChI is InChI=1S/C21H17BrN2O4/c1-2-27-21(26)15-8-6-14(7-9-15)19-11-10-18(28-19)13-23-24-20(25)16-4-3-5-17(22)12-16/h3-13H,2H2,1H3,(H,24,25). The molecule has 1 heterocycles. The molecule has 0 aliphatic carbocycles. The van der Waals surface area contributed by atoms with Crippen molar-refractivity contribution in [3.63, 3.8) is 0 Å². The minimum atomic E-state index is -0.359. The molecule has 0 aliphatic heterocycles. The molecule has 7 heteroatoms. The summed E-state index contributed by atoms with van der Waals surface area (Å²) in [5.74, 6) is 0.426. The van der Waals surface area contributed by atoms with Gasteiger partial charge in [-0.2, -0.15) is 5.10 Å². The van der Waals surface area contributed by atoms with Crippen LogP contribution in [0.4, 0.5) is 0 Å². The van der Waals surface area contributed by atoms with Crippen molar-refractivity contribution >= 4 is 34.0 Å². The average Bonchev–Trinajstić information content (AvgIpc) is 3.17. The van der Waals surface area contributed by atoms with Gasteiger partial charge in [0.05, 0.1) is 18.4 Å². The van der Waals surface area contributed by atoms with E-state index in [2.05, 4.69) is 26.5 Å². The van der Waals surface area contributed by atoms with Crippen LogP contribution in [0.1, 0.15) is 33.4 Å². The summed E-state index contributed by atoms with van der Waals surface area (Å²) in [6.45, 7) is 2.10. The molecule has 3 aromatic rings. The maximum absolute atomic E-state index is 12.0. The van der Waals surface area contributed by atoms with Gasteiger partial charge < -0.3 is 9.15 Å². The molecule has 0 saturated carbocycles. The number of ether oxygens (including phenoxy) is 1. The van der Waals surface area contributed by atoms with Gasteiger partial charge in [0.2, 0.25) is 0 Å². The van der Waals surface area contributed by atoms with Gasteiger partial charge in [0.1, 0.15) is 11.5 Å². The zero-order valence-corrected chi connectivity index (χ0v) is 16.6. The molecule has 1 aromatic heterocycles. The Balaban J connectivity index is 1.63. The number of esters is 1. The second-order valence-electron chi connectivity index (χ2n) is 5.71. The molecule has 6 nitrogen and oxygen atoms in total. The van der Waals surface area contributed by atoms with Crippen LogP contribution in [0.15, 0.2) is 74.7 Å². The molecular weight excluding hydrogens is 424 g/mol. The number of carbonyl (C=O) groups is 2. The first kappa shape index (κ1) is 19.6. The van der Waals surface area contributed by atoms with Crippen LogP contribution in [0.2, 0.25) is 0 Å². The van der Waals surface area contributed by atoms with E-state index in [1.807, 2.05) is 6.07 Å². The molecule has 0 bridgehead atoms. The maximum atomic E-state index is 12.0. The summed E-state index contributed by atoms with van der Waals surface area (Å²) in [5, 5.41) is 3.92. The highest BCUT2D eigenvalue weighted by atomic mass is 79.9. The van der Waals surface area contributed by atoms with Crippen LogP contribution in [-0.4, -0.2) is 24.7 Å². The van der Waals surface area contributed by atoms with Crippen LogP contribution < -0.4 is 5.43 Å². The predicted octanol–water partition coefficient (Wildman–Crippen LogP) is 4.65. The highest BCUT2D eigenvalue weighted by Crippen LogP contribution is 2.22. The average molecular weight is 441 g/mol. The molecule has 0 saturated heterocycles. The van der Waals surface area contributed by atoms with Crippen molar-refractivity contribution in [2.24, 2.45) is 5.10 Å². The van der Waals surface area contributed by atoms with Crippen LogP contribution in [0.5, 0.6) is 0 Å². The van der Waals surface area contributed by atoms with Crippen molar-refractivity contribution < 1.29 is 18.7 Å². The number of furan rings is 1. The van der Waals surface area contributed by atoms with Gasteiger partial charge in [-0.25, -0.2) is 10.2 Å². The number of halogens is 1. The molecule has 0 unspecified atom stereocenters. The zero-order valence-electron chi connectivity index (χ0n) is 15.0. The van der Waals surface area contributed by atoms with Crippen molar-refractivity contribution in [3.05, 3.63) is 82.0 Å². The maximum Gasteiger partial charge on any atom is 0.338 e. The van der Waals surface area contributed by atoms with Crippen molar-refractivity contribution in [2.75, 3.05) is 6.61 Å². The molecule has 0 aliphatic rings. The summed E-state index contributed by atoms with van der Waals surface area (Å²) in [5.41, 5.74) is 4.24. The molecule has 0 spiro atoms. The lowest BCUT2D eigenvalue weighted by Gasteiger charge is -2.02. The highest BCUT2D eigenvalue weighted by Gasteiger charge is 2.09. The van der Waals surface area contributed by atoms with Crippen molar-refractivity contribution in [1.29, 1.82) is 0 Å². The molecule has 0 atom stereocenters. The van der Waals surface area contributed by atoms with Gasteiger partial charge in [0.25, 0.3) is 5.91 Å². The van der Waals surface area contributed by atoms with E-state index in [1.165, 1.54) is 6.21 Å². The summed E-state index contributed by atoms with van der Waals surface area (Å²) >= 11 is 3.32. The van der Waals surface area contributed by atoms with Gasteiger partial charge in [0.15, 0.2) is 0 Å². The van der Waals surface area contributed by atoms with Crippen molar-refractivity contribution in [3.8, 4) is 11.3 Å². The van der Waals surface area contributed by atoms with Gasteiger partial charge in [-0.05, 0) is 49.4 Å².